The molecule has 0 radical (unpaired) electrons. The van der Waals surface area contributed by atoms with E-state index < -0.39 is 21.7 Å². The topological polar surface area (TPSA) is 86.8 Å². The molecule has 0 saturated carbocycles. The van der Waals surface area contributed by atoms with Crippen LogP contribution < -0.4 is 4.72 Å². The Morgan fingerprint density at radius 2 is 1.67 bits per heavy atom. The minimum absolute atomic E-state index is 0.120. The van der Waals surface area contributed by atoms with E-state index in [1.54, 1.807) is 14.1 Å². The van der Waals surface area contributed by atoms with E-state index in [-0.39, 0.29) is 28.6 Å². The van der Waals surface area contributed by atoms with E-state index in [9.17, 15) is 22.4 Å². The fourth-order valence-corrected chi connectivity index (χ4v) is 3.27. The van der Waals surface area contributed by atoms with E-state index in [1.807, 2.05) is 0 Å². The Hall–Kier alpha value is -2.94. The number of carbonyl (C=O) groups excluding carboxylic acids is 2. The molecule has 7 nitrogen and oxygen atoms in total. The van der Waals surface area contributed by atoms with Crippen LogP contribution in [0.4, 0.5) is 10.1 Å². The van der Waals surface area contributed by atoms with Crippen molar-refractivity contribution in [2.24, 2.45) is 0 Å². The number of halogens is 1. The number of hydrogen-bond donors (Lipinski definition) is 1. The first-order valence-electron chi connectivity index (χ1n) is 7.94. The van der Waals surface area contributed by atoms with Gasteiger partial charge in [0, 0.05) is 32.4 Å². The second-order valence-electron chi connectivity index (χ2n) is 6.09. The van der Waals surface area contributed by atoms with Crippen molar-refractivity contribution in [3.63, 3.8) is 0 Å². The predicted molar refractivity (Wildman–Crippen MR) is 99.3 cm³/mol. The first kappa shape index (κ1) is 20.4. The van der Waals surface area contributed by atoms with Gasteiger partial charge < -0.3 is 9.80 Å². The van der Waals surface area contributed by atoms with E-state index in [0.29, 0.717) is 0 Å². The standard InChI is InChI=1S/C18H20FN3O4S/c1-21(2)17(23)12-22(3)18(24)13-5-4-6-16(11-13)27(25,26)20-15-9-7-14(19)8-10-15/h4-11,20H,12H2,1-3H3. The molecule has 0 bridgehead atoms. The van der Waals surface area contributed by atoms with Gasteiger partial charge in [-0.05, 0) is 42.5 Å². The van der Waals surface area contributed by atoms with Crippen LogP contribution in [0.5, 0.6) is 0 Å². The van der Waals surface area contributed by atoms with Gasteiger partial charge >= 0.3 is 0 Å². The Bertz CT molecular complexity index is 943. The van der Waals surface area contributed by atoms with Gasteiger partial charge in [-0.3, -0.25) is 14.3 Å². The Labute approximate surface area is 157 Å². The fraction of sp³-hybridized carbons (Fsp3) is 0.222. The van der Waals surface area contributed by atoms with Crippen LogP contribution in [0.3, 0.4) is 0 Å². The number of amides is 2. The number of carbonyl (C=O) groups is 2. The molecule has 0 unspecified atom stereocenters. The maximum absolute atomic E-state index is 13.0. The van der Waals surface area contributed by atoms with Crippen LogP contribution in [0.15, 0.2) is 53.4 Å². The van der Waals surface area contributed by atoms with Crippen LogP contribution in [0, 0.1) is 5.82 Å². The summed E-state index contributed by atoms with van der Waals surface area (Å²) in [5.74, 6) is -1.22. The van der Waals surface area contributed by atoms with Gasteiger partial charge in [0.1, 0.15) is 5.82 Å². The Balaban J connectivity index is 2.21. The molecule has 2 amide bonds. The highest BCUT2D eigenvalue weighted by atomic mass is 32.2. The van der Waals surface area contributed by atoms with Gasteiger partial charge in [-0.25, -0.2) is 12.8 Å². The van der Waals surface area contributed by atoms with E-state index in [0.717, 1.165) is 12.1 Å². The van der Waals surface area contributed by atoms with Gasteiger partial charge in [-0.2, -0.15) is 0 Å². The van der Waals surface area contributed by atoms with Crippen LogP contribution in [0.25, 0.3) is 0 Å². The smallest absolute Gasteiger partial charge is 0.261 e. The molecule has 9 heteroatoms. The van der Waals surface area contributed by atoms with Crippen LogP contribution >= 0.6 is 0 Å². The Kier molecular flexibility index (Phi) is 6.17. The maximum Gasteiger partial charge on any atom is 0.261 e. The minimum atomic E-state index is -3.96. The zero-order valence-corrected chi connectivity index (χ0v) is 16.0. The van der Waals surface area contributed by atoms with Gasteiger partial charge in [0.2, 0.25) is 5.91 Å². The van der Waals surface area contributed by atoms with Crippen molar-refractivity contribution in [1.29, 1.82) is 0 Å². The molecule has 0 aliphatic heterocycles. The molecule has 144 valence electrons. The summed E-state index contributed by atoms with van der Waals surface area (Å²) in [5.41, 5.74) is 0.327. The molecule has 0 heterocycles. The molecule has 2 rings (SSSR count). The SMILES string of the molecule is CN(C)C(=O)CN(C)C(=O)c1cccc(S(=O)(=O)Nc2ccc(F)cc2)c1. The Morgan fingerprint density at radius 1 is 1.04 bits per heavy atom. The highest BCUT2D eigenvalue weighted by Crippen LogP contribution is 2.18. The Morgan fingerprint density at radius 3 is 2.26 bits per heavy atom. The number of rotatable bonds is 6. The molecule has 0 spiro atoms. The third-order valence-corrected chi connectivity index (χ3v) is 5.08. The van der Waals surface area contributed by atoms with E-state index >= 15 is 0 Å². The third kappa shape index (κ3) is 5.27. The summed E-state index contributed by atoms with van der Waals surface area (Å²) in [6.07, 6.45) is 0. The van der Waals surface area contributed by atoms with Crippen molar-refractivity contribution in [3.8, 4) is 0 Å². The largest absolute Gasteiger partial charge is 0.347 e. The van der Waals surface area contributed by atoms with Gasteiger partial charge in [0.15, 0.2) is 0 Å². The van der Waals surface area contributed by atoms with Crippen LogP contribution in [-0.4, -0.2) is 57.7 Å². The zero-order valence-electron chi connectivity index (χ0n) is 15.1. The molecular formula is C18H20FN3O4S. The van der Waals surface area contributed by atoms with E-state index in [4.69, 9.17) is 0 Å². The first-order chi connectivity index (χ1) is 12.6. The molecule has 0 fully saturated rings. The van der Waals surface area contributed by atoms with Gasteiger partial charge in [0.25, 0.3) is 15.9 Å². The summed E-state index contributed by atoms with van der Waals surface area (Å²) in [7, 11) is 0.654. The number of sulfonamides is 1. The van der Waals surface area contributed by atoms with Crippen molar-refractivity contribution >= 4 is 27.5 Å². The number of nitrogens with one attached hydrogen (secondary N) is 1. The second-order valence-corrected chi connectivity index (χ2v) is 7.77. The fourth-order valence-electron chi connectivity index (χ4n) is 2.16. The summed E-state index contributed by atoms with van der Waals surface area (Å²) in [5, 5.41) is 0. The minimum Gasteiger partial charge on any atom is -0.347 e. The van der Waals surface area contributed by atoms with E-state index in [1.165, 1.54) is 53.2 Å². The monoisotopic (exact) mass is 393 g/mol. The number of hydrogen-bond acceptors (Lipinski definition) is 4. The molecule has 0 aromatic heterocycles. The number of anilines is 1. The summed E-state index contributed by atoms with van der Waals surface area (Å²) in [6, 6.07) is 10.3. The number of benzene rings is 2. The van der Waals surface area contributed by atoms with Crippen LogP contribution in [-0.2, 0) is 14.8 Å². The summed E-state index contributed by atoms with van der Waals surface area (Å²) >= 11 is 0. The molecule has 2 aromatic rings. The van der Waals surface area contributed by atoms with Crippen LogP contribution in [0.2, 0.25) is 0 Å². The van der Waals surface area contributed by atoms with Gasteiger partial charge in [0.05, 0.1) is 11.4 Å². The average Bonchev–Trinajstić information content (AvgIpc) is 2.62. The first-order valence-corrected chi connectivity index (χ1v) is 9.42. The lowest BCUT2D eigenvalue weighted by atomic mass is 10.2. The van der Waals surface area contributed by atoms with Gasteiger partial charge in [-0.15, -0.1) is 0 Å². The highest BCUT2D eigenvalue weighted by Gasteiger charge is 2.20. The average molecular weight is 393 g/mol. The molecule has 0 aliphatic rings. The quantitative estimate of drug-likeness (QED) is 0.811. The molecular weight excluding hydrogens is 373 g/mol. The molecule has 2 aromatic carbocycles. The van der Waals surface area contributed by atoms with E-state index in [2.05, 4.69) is 4.72 Å². The van der Waals surface area contributed by atoms with Crippen molar-refractivity contribution in [3.05, 3.63) is 59.9 Å². The van der Waals surface area contributed by atoms with Crippen LogP contribution in [0.1, 0.15) is 10.4 Å². The molecule has 0 saturated heterocycles. The lowest BCUT2D eigenvalue weighted by Crippen LogP contribution is -2.37. The third-order valence-electron chi connectivity index (χ3n) is 3.71. The summed E-state index contributed by atoms with van der Waals surface area (Å²) in [6.45, 7) is -0.128. The van der Waals surface area contributed by atoms with Crippen molar-refractivity contribution in [2.75, 3.05) is 32.4 Å². The number of nitrogens with zero attached hydrogens (tertiary/aromatic N) is 2. The molecule has 0 aliphatic carbocycles. The second kappa shape index (κ2) is 8.17. The van der Waals surface area contributed by atoms with Gasteiger partial charge in [-0.1, -0.05) is 6.07 Å². The normalized spacial score (nSPS) is 11.0. The molecule has 0 atom stereocenters. The zero-order chi connectivity index (χ0) is 20.2. The highest BCUT2D eigenvalue weighted by molar-refractivity contribution is 7.92. The summed E-state index contributed by atoms with van der Waals surface area (Å²) < 4.78 is 40.3. The number of likely N-dealkylation sites (N-methyl/N-ethyl adjacent to an activating group) is 2. The maximum atomic E-state index is 13.0. The molecule has 1 N–H and O–H groups in total. The predicted octanol–water partition coefficient (Wildman–Crippen LogP) is 1.79. The lowest BCUT2D eigenvalue weighted by Gasteiger charge is -2.19. The lowest BCUT2D eigenvalue weighted by molar-refractivity contribution is -0.129. The summed E-state index contributed by atoms with van der Waals surface area (Å²) in [4.78, 5) is 26.7. The molecule has 27 heavy (non-hydrogen) atoms. The van der Waals surface area contributed by atoms with Crippen molar-refractivity contribution < 1.29 is 22.4 Å². The van der Waals surface area contributed by atoms with Crippen molar-refractivity contribution in [1.82, 2.24) is 9.80 Å². The van der Waals surface area contributed by atoms with Crippen molar-refractivity contribution in [2.45, 2.75) is 4.90 Å².